The Kier molecular flexibility index (Phi) is 7.86. The largest absolute Gasteiger partial charge is 0.463 e. The van der Waals surface area contributed by atoms with Gasteiger partial charge in [0.1, 0.15) is 0 Å². The molecule has 0 aromatic carbocycles. The van der Waals surface area contributed by atoms with Gasteiger partial charge in [-0.05, 0) is 26.2 Å². The topological polar surface area (TPSA) is 52.6 Å². The highest BCUT2D eigenvalue weighted by Crippen LogP contribution is 2.15. The Morgan fingerprint density at radius 1 is 1.11 bits per heavy atom. The second kappa shape index (κ2) is 8.55. The first-order valence-electron chi connectivity index (χ1n) is 5.83. The van der Waals surface area contributed by atoms with Gasteiger partial charge in [0.2, 0.25) is 0 Å². The normalized spacial score (nSPS) is 10.9. The van der Waals surface area contributed by atoms with Crippen molar-refractivity contribution in [2.75, 3.05) is 13.2 Å². The summed E-state index contributed by atoms with van der Waals surface area (Å²) in [5.74, 6) is -1.40. The van der Waals surface area contributed by atoms with Crippen molar-refractivity contribution >= 4 is 11.9 Å². The van der Waals surface area contributed by atoms with Gasteiger partial charge in [0.25, 0.3) is 0 Å². The zero-order valence-electron chi connectivity index (χ0n) is 10.7. The molecule has 0 radical (unpaired) electrons. The maximum absolute atomic E-state index is 11.7. The summed E-state index contributed by atoms with van der Waals surface area (Å²) >= 11 is 0. The van der Waals surface area contributed by atoms with E-state index >= 15 is 0 Å². The predicted molar refractivity (Wildman–Crippen MR) is 61.3 cm³/mol. The summed E-state index contributed by atoms with van der Waals surface area (Å²) in [5.41, 5.74) is 0.283. The van der Waals surface area contributed by atoms with Gasteiger partial charge in [0, 0.05) is 12.0 Å². The van der Waals surface area contributed by atoms with Gasteiger partial charge >= 0.3 is 18.1 Å². The average molecular weight is 282 g/mol. The molecule has 0 bridgehead atoms. The first-order chi connectivity index (χ1) is 8.76. The van der Waals surface area contributed by atoms with Crippen LogP contribution in [0.1, 0.15) is 32.6 Å². The molecule has 0 spiro atoms. The molecule has 0 saturated carbocycles. The van der Waals surface area contributed by atoms with Crippen molar-refractivity contribution in [3.63, 3.8) is 0 Å². The van der Waals surface area contributed by atoms with Gasteiger partial charge in [-0.3, -0.25) is 4.79 Å². The maximum Gasteiger partial charge on any atom is 0.422 e. The van der Waals surface area contributed by atoms with Crippen LogP contribution in [0.25, 0.3) is 0 Å². The molecule has 0 aliphatic heterocycles. The van der Waals surface area contributed by atoms with E-state index in [-0.39, 0.29) is 18.6 Å². The Morgan fingerprint density at radius 2 is 1.68 bits per heavy atom. The zero-order chi connectivity index (χ0) is 14.9. The van der Waals surface area contributed by atoms with Gasteiger partial charge in [0.05, 0.1) is 6.61 Å². The van der Waals surface area contributed by atoms with Gasteiger partial charge in [-0.25, -0.2) is 4.79 Å². The highest BCUT2D eigenvalue weighted by Gasteiger charge is 2.29. The molecular weight excluding hydrogens is 265 g/mol. The lowest BCUT2D eigenvalue weighted by molar-refractivity contribution is -0.186. The van der Waals surface area contributed by atoms with Crippen LogP contribution in [0.15, 0.2) is 12.2 Å². The summed E-state index contributed by atoms with van der Waals surface area (Å²) < 4.78 is 43.9. The number of halogens is 3. The third kappa shape index (κ3) is 10.1. The standard InChI is InChI=1S/C12H17F3O4/c1-3-18-11(17)9(2)6-4-5-7-10(16)19-8-12(13,14)15/h2-8H2,1H3. The number of esters is 2. The molecule has 0 aromatic heterocycles. The lowest BCUT2D eigenvalue weighted by atomic mass is 10.1. The molecule has 7 heteroatoms. The Bertz CT molecular complexity index is 323. The number of carbonyl (C=O) groups excluding carboxylic acids is 2. The van der Waals surface area contributed by atoms with Crippen molar-refractivity contribution in [2.24, 2.45) is 0 Å². The monoisotopic (exact) mass is 282 g/mol. The van der Waals surface area contributed by atoms with E-state index in [2.05, 4.69) is 11.3 Å². The number of hydrogen-bond acceptors (Lipinski definition) is 4. The summed E-state index contributed by atoms with van der Waals surface area (Å²) in [6, 6.07) is 0. The van der Waals surface area contributed by atoms with Crippen molar-refractivity contribution in [3.8, 4) is 0 Å². The lowest BCUT2D eigenvalue weighted by Gasteiger charge is -2.08. The van der Waals surface area contributed by atoms with Crippen LogP contribution < -0.4 is 0 Å². The number of carbonyl (C=O) groups is 2. The van der Waals surface area contributed by atoms with Crippen molar-refractivity contribution in [1.82, 2.24) is 0 Å². The molecule has 4 nitrogen and oxygen atoms in total. The molecule has 110 valence electrons. The first kappa shape index (κ1) is 17.5. The van der Waals surface area contributed by atoms with E-state index in [1.165, 1.54) is 0 Å². The fourth-order valence-electron chi connectivity index (χ4n) is 1.18. The first-order valence-corrected chi connectivity index (χ1v) is 5.83. The van der Waals surface area contributed by atoms with Crippen LogP contribution in [0.3, 0.4) is 0 Å². The Balaban J connectivity index is 3.66. The predicted octanol–water partition coefficient (Wildman–Crippen LogP) is 2.77. The van der Waals surface area contributed by atoms with E-state index in [1.807, 2.05) is 0 Å². The maximum atomic E-state index is 11.7. The number of ether oxygens (including phenoxy) is 2. The highest BCUT2D eigenvalue weighted by atomic mass is 19.4. The molecule has 0 rings (SSSR count). The van der Waals surface area contributed by atoms with Gasteiger partial charge in [-0.2, -0.15) is 13.2 Å². The highest BCUT2D eigenvalue weighted by molar-refractivity contribution is 5.87. The van der Waals surface area contributed by atoms with E-state index in [0.717, 1.165) is 0 Å². The summed E-state index contributed by atoms with van der Waals surface area (Å²) in [4.78, 5) is 22.1. The second-order valence-electron chi connectivity index (χ2n) is 3.81. The van der Waals surface area contributed by atoms with Crippen molar-refractivity contribution in [2.45, 2.75) is 38.8 Å². The zero-order valence-corrected chi connectivity index (χ0v) is 10.7. The van der Waals surface area contributed by atoms with Gasteiger partial charge in [0.15, 0.2) is 6.61 Å². The summed E-state index contributed by atoms with van der Waals surface area (Å²) in [7, 11) is 0. The fraction of sp³-hybridized carbons (Fsp3) is 0.667. The van der Waals surface area contributed by atoms with Crippen molar-refractivity contribution in [1.29, 1.82) is 0 Å². The van der Waals surface area contributed by atoms with E-state index < -0.39 is 24.7 Å². The van der Waals surface area contributed by atoms with Crippen LogP contribution in [0, 0.1) is 0 Å². The van der Waals surface area contributed by atoms with Crippen LogP contribution >= 0.6 is 0 Å². The average Bonchev–Trinajstić information content (AvgIpc) is 2.31. The summed E-state index contributed by atoms with van der Waals surface area (Å²) in [6.07, 6.45) is -3.50. The molecule has 0 aliphatic carbocycles. The molecule has 0 atom stereocenters. The lowest BCUT2D eigenvalue weighted by Crippen LogP contribution is -2.20. The fourth-order valence-corrected chi connectivity index (χ4v) is 1.18. The number of hydrogen-bond donors (Lipinski definition) is 0. The number of alkyl halides is 3. The second-order valence-corrected chi connectivity index (χ2v) is 3.81. The minimum atomic E-state index is -4.51. The molecule has 19 heavy (non-hydrogen) atoms. The van der Waals surface area contributed by atoms with E-state index in [1.54, 1.807) is 6.92 Å². The quantitative estimate of drug-likeness (QED) is 0.390. The van der Waals surface area contributed by atoms with Gasteiger partial charge < -0.3 is 9.47 Å². The van der Waals surface area contributed by atoms with Crippen molar-refractivity contribution < 1.29 is 32.2 Å². The third-order valence-corrected chi connectivity index (χ3v) is 2.07. The van der Waals surface area contributed by atoms with Crippen LogP contribution in [0.4, 0.5) is 13.2 Å². The summed E-state index contributed by atoms with van der Waals surface area (Å²) in [6.45, 7) is 3.87. The van der Waals surface area contributed by atoms with Crippen LogP contribution in [-0.2, 0) is 19.1 Å². The van der Waals surface area contributed by atoms with Gasteiger partial charge in [-0.15, -0.1) is 0 Å². The molecule has 0 aliphatic rings. The molecular formula is C12H17F3O4. The molecule has 0 unspecified atom stereocenters. The molecule has 0 N–H and O–H groups in total. The number of rotatable bonds is 8. The van der Waals surface area contributed by atoms with Crippen LogP contribution in [-0.4, -0.2) is 31.3 Å². The molecule has 0 amide bonds. The summed E-state index contributed by atoms with van der Waals surface area (Å²) in [5, 5.41) is 0. The third-order valence-electron chi connectivity index (χ3n) is 2.07. The van der Waals surface area contributed by atoms with Crippen molar-refractivity contribution in [3.05, 3.63) is 12.2 Å². The van der Waals surface area contributed by atoms with Crippen LogP contribution in [0.5, 0.6) is 0 Å². The van der Waals surface area contributed by atoms with E-state index in [0.29, 0.717) is 19.3 Å². The molecule has 0 aromatic rings. The Hall–Kier alpha value is -1.53. The molecule has 0 fully saturated rings. The Morgan fingerprint density at radius 3 is 2.21 bits per heavy atom. The van der Waals surface area contributed by atoms with E-state index in [9.17, 15) is 22.8 Å². The molecule has 0 heterocycles. The van der Waals surface area contributed by atoms with Crippen LogP contribution in [0.2, 0.25) is 0 Å². The SMILES string of the molecule is C=C(CCCCC(=O)OCC(F)(F)F)C(=O)OCC. The Labute approximate surface area is 109 Å². The molecule has 0 saturated heterocycles. The minimum Gasteiger partial charge on any atom is -0.463 e. The van der Waals surface area contributed by atoms with Gasteiger partial charge in [-0.1, -0.05) is 6.58 Å². The van der Waals surface area contributed by atoms with E-state index in [4.69, 9.17) is 4.74 Å². The minimum absolute atomic E-state index is 0.119. The smallest absolute Gasteiger partial charge is 0.422 e. The number of unbranched alkanes of at least 4 members (excludes halogenated alkanes) is 1.